The molecule has 4 aromatic rings. The zero-order valence-electron chi connectivity index (χ0n) is 20.5. The Morgan fingerprint density at radius 3 is 2.05 bits per heavy atom. The molecule has 1 heterocycles. The minimum absolute atomic E-state index is 0.0506. The number of pyridine rings is 1. The number of halogens is 1. The monoisotopic (exact) mass is 518 g/mol. The molecule has 4 rings (SSSR count). The van der Waals surface area contributed by atoms with Gasteiger partial charge in [0.2, 0.25) is 0 Å². The number of nitrogens with zero attached hydrogens (tertiary/aromatic N) is 3. The summed E-state index contributed by atoms with van der Waals surface area (Å²) in [6, 6.07) is 23.8. The number of anilines is 2. The first-order chi connectivity index (χ1) is 17.7. The summed E-state index contributed by atoms with van der Waals surface area (Å²) in [6.45, 7) is -0.0950. The van der Waals surface area contributed by atoms with Crippen LogP contribution in [-0.4, -0.2) is 37.7 Å². The molecular weight excluding hydrogens is 491 g/mol. The van der Waals surface area contributed by atoms with Gasteiger partial charge in [-0.2, -0.15) is 12.7 Å². The second-order valence-electron chi connectivity index (χ2n) is 8.63. The number of carbonyl (C=O) groups is 1. The fraction of sp³-hybridized carbons (Fsp3) is 0.143. The van der Waals surface area contributed by atoms with Crippen molar-refractivity contribution in [2.45, 2.75) is 13.0 Å². The Morgan fingerprint density at radius 2 is 1.43 bits per heavy atom. The lowest BCUT2D eigenvalue weighted by molar-refractivity contribution is 0.102. The van der Waals surface area contributed by atoms with E-state index in [1.807, 2.05) is 36.4 Å². The van der Waals surface area contributed by atoms with E-state index in [1.165, 1.54) is 32.3 Å². The van der Waals surface area contributed by atoms with E-state index in [0.717, 1.165) is 26.2 Å². The molecule has 0 spiro atoms. The molecule has 0 fully saturated rings. The average molecular weight is 519 g/mol. The van der Waals surface area contributed by atoms with Gasteiger partial charge in [-0.3, -0.25) is 14.1 Å². The molecule has 7 nitrogen and oxygen atoms in total. The zero-order valence-corrected chi connectivity index (χ0v) is 21.3. The van der Waals surface area contributed by atoms with E-state index in [2.05, 4.69) is 10.3 Å². The van der Waals surface area contributed by atoms with E-state index in [1.54, 1.807) is 42.7 Å². The Morgan fingerprint density at radius 1 is 0.838 bits per heavy atom. The van der Waals surface area contributed by atoms with Gasteiger partial charge >= 0.3 is 10.2 Å². The first-order valence-corrected chi connectivity index (χ1v) is 13.0. The van der Waals surface area contributed by atoms with Gasteiger partial charge in [-0.15, -0.1) is 0 Å². The van der Waals surface area contributed by atoms with Crippen LogP contribution in [0.25, 0.3) is 0 Å². The molecule has 37 heavy (non-hydrogen) atoms. The van der Waals surface area contributed by atoms with Crippen LogP contribution < -0.4 is 9.62 Å². The number of hydrogen-bond donors (Lipinski definition) is 1. The lowest BCUT2D eigenvalue weighted by Gasteiger charge is -2.27. The van der Waals surface area contributed by atoms with Crippen molar-refractivity contribution in [1.29, 1.82) is 0 Å². The summed E-state index contributed by atoms with van der Waals surface area (Å²) in [4.78, 5) is 16.8. The molecule has 9 heteroatoms. The van der Waals surface area contributed by atoms with Crippen molar-refractivity contribution in [3.63, 3.8) is 0 Å². The Kier molecular flexibility index (Phi) is 7.95. The van der Waals surface area contributed by atoms with Crippen molar-refractivity contribution in [3.8, 4) is 0 Å². The zero-order chi connectivity index (χ0) is 26.4. The highest BCUT2D eigenvalue weighted by Crippen LogP contribution is 2.25. The highest BCUT2D eigenvalue weighted by Gasteiger charge is 2.27. The first kappa shape index (κ1) is 26.0. The summed E-state index contributed by atoms with van der Waals surface area (Å²) >= 11 is 0. The largest absolute Gasteiger partial charge is 0.322 e. The minimum atomic E-state index is -3.96. The molecule has 0 aliphatic rings. The van der Waals surface area contributed by atoms with Gasteiger partial charge in [0.1, 0.15) is 5.82 Å². The SMILES string of the molecule is CN(C)S(=O)(=O)N(Cc1ccc(C(=O)Nc2ccc(Cc3ccncc3)cc2)cc1)c1ccccc1F. The molecule has 0 bridgehead atoms. The Hall–Kier alpha value is -4.08. The number of hydrogen-bond acceptors (Lipinski definition) is 4. The van der Waals surface area contributed by atoms with Crippen LogP contribution in [-0.2, 0) is 23.2 Å². The molecule has 0 atom stereocenters. The van der Waals surface area contributed by atoms with Crippen LogP contribution in [0.2, 0.25) is 0 Å². The molecule has 0 aliphatic carbocycles. The van der Waals surface area contributed by atoms with Gasteiger partial charge in [0.05, 0.1) is 12.2 Å². The van der Waals surface area contributed by atoms with E-state index in [-0.39, 0.29) is 18.1 Å². The van der Waals surface area contributed by atoms with Gasteiger partial charge in [-0.25, -0.2) is 4.39 Å². The van der Waals surface area contributed by atoms with Crippen LogP contribution in [0.3, 0.4) is 0 Å². The molecule has 0 saturated carbocycles. The van der Waals surface area contributed by atoms with E-state index < -0.39 is 16.0 Å². The van der Waals surface area contributed by atoms with Gasteiger partial charge in [0.25, 0.3) is 5.91 Å². The third-order valence-corrected chi connectivity index (χ3v) is 7.58. The molecule has 0 aliphatic heterocycles. The van der Waals surface area contributed by atoms with Crippen molar-refractivity contribution in [1.82, 2.24) is 9.29 Å². The maximum absolute atomic E-state index is 14.5. The summed E-state index contributed by atoms with van der Waals surface area (Å²) in [5.41, 5.74) is 3.89. The van der Waals surface area contributed by atoms with Crippen molar-refractivity contribution < 1.29 is 17.6 Å². The second-order valence-corrected chi connectivity index (χ2v) is 10.7. The number of rotatable bonds is 9. The van der Waals surface area contributed by atoms with Crippen LogP contribution in [0, 0.1) is 5.82 Å². The summed E-state index contributed by atoms with van der Waals surface area (Å²) in [7, 11) is -1.18. The molecule has 190 valence electrons. The second kappa shape index (κ2) is 11.3. The van der Waals surface area contributed by atoms with Crippen LogP contribution in [0.15, 0.2) is 97.3 Å². The van der Waals surface area contributed by atoms with Crippen LogP contribution in [0.5, 0.6) is 0 Å². The van der Waals surface area contributed by atoms with E-state index in [0.29, 0.717) is 16.8 Å². The molecule has 1 aromatic heterocycles. The number of amides is 1. The van der Waals surface area contributed by atoms with Crippen molar-refractivity contribution in [2.75, 3.05) is 23.7 Å². The standard InChI is InChI=1S/C28H27FN4O3S/c1-32(2)37(35,36)33(27-6-4-3-5-26(27)29)20-23-7-11-24(12-8-23)28(34)31-25-13-9-21(10-14-25)19-22-15-17-30-18-16-22/h3-18H,19-20H2,1-2H3,(H,31,34). The van der Waals surface area contributed by atoms with E-state index in [4.69, 9.17) is 0 Å². The van der Waals surface area contributed by atoms with Crippen LogP contribution in [0.1, 0.15) is 27.0 Å². The summed E-state index contributed by atoms with van der Waals surface area (Å²) in [5, 5.41) is 2.87. The van der Waals surface area contributed by atoms with Crippen molar-refractivity contribution in [2.24, 2.45) is 0 Å². The predicted molar refractivity (Wildman–Crippen MR) is 143 cm³/mol. The van der Waals surface area contributed by atoms with Gasteiger partial charge in [0.15, 0.2) is 0 Å². The normalized spacial score (nSPS) is 11.4. The highest BCUT2D eigenvalue weighted by atomic mass is 32.2. The molecule has 0 radical (unpaired) electrons. The number of benzene rings is 3. The first-order valence-electron chi connectivity index (χ1n) is 11.6. The van der Waals surface area contributed by atoms with E-state index >= 15 is 0 Å². The molecule has 3 aromatic carbocycles. The maximum Gasteiger partial charge on any atom is 0.303 e. The number of aromatic nitrogens is 1. The fourth-order valence-electron chi connectivity index (χ4n) is 3.72. The van der Waals surface area contributed by atoms with Gasteiger partial charge in [0, 0.05) is 37.7 Å². The maximum atomic E-state index is 14.5. The third kappa shape index (κ3) is 6.38. The number of carbonyl (C=O) groups excluding carboxylic acids is 1. The van der Waals surface area contributed by atoms with Gasteiger partial charge in [-0.1, -0.05) is 36.4 Å². The Labute approximate surface area is 216 Å². The number of para-hydroxylation sites is 1. The predicted octanol–water partition coefficient (Wildman–Crippen LogP) is 4.88. The molecule has 1 amide bonds. The Balaban J connectivity index is 1.45. The smallest absolute Gasteiger partial charge is 0.303 e. The van der Waals surface area contributed by atoms with Gasteiger partial charge < -0.3 is 5.32 Å². The quantitative estimate of drug-likeness (QED) is 0.343. The molecule has 1 N–H and O–H groups in total. The van der Waals surface area contributed by atoms with E-state index in [9.17, 15) is 17.6 Å². The highest BCUT2D eigenvalue weighted by molar-refractivity contribution is 7.90. The van der Waals surface area contributed by atoms with Gasteiger partial charge in [-0.05, 0) is 71.6 Å². The Bertz CT molecular complexity index is 1460. The summed E-state index contributed by atoms with van der Waals surface area (Å²) < 4.78 is 42.3. The summed E-state index contributed by atoms with van der Waals surface area (Å²) in [5.74, 6) is -0.934. The van der Waals surface area contributed by atoms with Crippen molar-refractivity contribution in [3.05, 3.63) is 125 Å². The lowest BCUT2D eigenvalue weighted by Crippen LogP contribution is -2.40. The van der Waals surface area contributed by atoms with Crippen LogP contribution in [0.4, 0.5) is 15.8 Å². The lowest BCUT2D eigenvalue weighted by atomic mass is 10.1. The average Bonchev–Trinajstić information content (AvgIpc) is 2.90. The molecule has 0 saturated heterocycles. The van der Waals surface area contributed by atoms with Crippen molar-refractivity contribution >= 4 is 27.5 Å². The topological polar surface area (TPSA) is 82.6 Å². The molecular formula is C28H27FN4O3S. The summed E-state index contributed by atoms with van der Waals surface area (Å²) in [6.07, 6.45) is 4.29. The molecule has 0 unspecified atom stereocenters. The third-order valence-electron chi connectivity index (χ3n) is 5.77. The fourth-order valence-corrected chi connectivity index (χ4v) is 4.82. The number of nitrogens with one attached hydrogen (secondary N) is 1. The van der Waals surface area contributed by atoms with Crippen LogP contribution >= 0.6 is 0 Å². The minimum Gasteiger partial charge on any atom is -0.322 e.